The maximum Gasteiger partial charge on any atom is 0.237 e. The second kappa shape index (κ2) is 2.52. The second-order valence-electron chi connectivity index (χ2n) is 1.42. The van der Waals surface area contributed by atoms with Crippen LogP contribution in [0.1, 0.15) is 0 Å². The first-order valence-corrected chi connectivity index (χ1v) is 2.48. The highest BCUT2D eigenvalue weighted by Crippen LogP contribution is 2.03. The Balaban J connectivity index is 2.40. The summed E-state index contributed by atoms with van der Waals surface area (Å²) in [4.78, 5) is 0. The molecule has 0 aromatic heterocycles. The van der Waals surface area contributed by atoms with Gasteiger partial charge in [-0.3, -0.25) is 5.32 Å². The van der Waals surface area contributed by atoms with Crippen molar-refractivity contribution in [2.24, 2.45) is 0 Å². The molecule has 0 spiro atoms. The van der Waals surface area contributed by atoms with Gasteiger partial charge in [0, 0.05) is 0 Å². The van der Waals surface area contributed by atoms with E-state index in [-0.39, 0.29) is 0 Å². The zero-order chi connectivity index (χ0) is 5.82. The normalized spacial score (nSPS) is 18.6. The molecule has 0 aliphatic carbocycles. The van der Waals surface area contributed by atoms with Gasteiger partial charge in [-0.2, -0.15) is 0 Å². The van der Waals surface area contributed by atoms with E-state index >= 15 is 0 Å². The lowest BCUT2D eigenvalue weighted by Crippen LogP contribution is -2.15. The molecule has 1 rings (SSSR count). The van der Waals surface area contributed by atoms with Crippen molar-refractivity contribution < 1.29 is 4.74 Å². The SMILES string of the molecule is CN[C]1C=CC=CO1. The lowest BCUT2D eigenvalue weighted by atomic mass is 10.4. The Labute approximate surface area is 48.8 Å². The van der Waals surface area contributed by atoms with Crippen LogP contribution in [0.25, 0.3) is 0 Å². The summed E-state index contributed by atoms with van der Waals surface area (Å²) in [6, 6.07) is 0. The lowest BCUT2D eigenvalue weighted by Gasteiger charge is -2.09. The van der Waals surface area contributed by atoms with Gasteiger partial charge in [0.25, 0.3) is 0 Å². The molecule has 0 bridgehead atoms. The molecule has 0 amide bonds. The average Bonchev–Trinajstić information content (AvgIpc) is 1.90. The summed E-state index contributed by atoms with van der Waals surface area (Å²) in [5.41, 5.74) is 0. The monoisotopic (exact) mass is 110 g/mol. The Morgan fingerprint density at radius 3 is 2.75 bits per heavy atom. The van der Waals surface area contributed by atoms with Gasteiger partial charge in [-0.05, 0) is 19.2 Å². The van der Waals surface area contributed by atoms with Gasteiger partial charge in [-0.1, -0.05) is 6.08 Å². The molecule has 1 N–H and O–H groups in total. The summed E-state index contributed by atoms with van der Waals surface area (Å²) in [7, 11) is 1.82. The van der Waals surface area contributed by atoms with Gasteiger partial charge < -0.3 is 4.74 Å². The summed E-state index contributed by atoms with van der Waals surface area (Å²) in [5, 5.41) is 2.86. The summed E-state index contributed by atoms with van der Waals surface area (Å²) < 4.78 is 4.97. The minimum atomic E-state index is 0.785. The van der Waals surface area contributed by atoms with Crippen LogP contribution in [0, 0.1) is 6.23 Å². The quantitative estimate of drug-likeness (QED) is 0.539. The van der Waals surface area contributed by atoms with Crippen LogP contribution in [0.3, 0.4) is 0 Å². The first-order valence-electron chi connectivity index (χ1n) is 2.48. The minimum Gasteiger partial charge on any atom is -0.471 e. The molecule has 8 heavy (non-hydrogen) atoms. The second-order valence-corrected chi connectivity index (χ2v) is 1.42. The fourth-order valence-electron chi connectivity index (χ4n) is 0.482. The molecule has 1 aliphatic heterocycles. The highest BCUT2D eigenvalue weighted by Gasteiger charge is 2.01. The number of allylic oxidation sites excluding steroid dienone is 2. The number of rotatable bonds is 1. The fourth-order valence-corrected chi connectivity index (χ4v) is 0.482. The van der Waals surface area contributed by atoms with Gasteiger partial charge in [0.15, 0.2) is 0 Å². The Kier molecular flexibility index (Phi) is 1.70. The highest BCUT2D eigenvalue weighted by atomic mass is 16.5. The highest BCUT2D eigenvalue weighted by molar-refractivity contribution is 5.13. The molecule has 2 heteroatoms. The molecule has 0 aromatic rings. The van der Waals surface area contributed by atoms with Crippen LogP contribution >= 0.6 is 0 Å². The van der Waals surface area contributed by atoms with Crippen molar-refractivity contribution in [2.75, 3.05) is 7.05 Å². The molecule has 43 valence electrons. The smallest absolute Gasteiger partial charge is 0.237 e. The molecule has 1 aliphatic rings. The Morgan fingerprint density at radius 2 is 2.38 bits per heavy atom. The van der Waals surface area contributed by atoms with Crippen molar-refractivity contribution in [3.63, 3.8) is 0 Å². The molecule has 0 aromatic carbocycles. The van der Waals surface area contributed by atoms with Crippen LogP contribution in [-0.2, 0) is 4.74 Å². The van der Waals surface area contributed by atoms with Crippen LogP contribution in [0.2, 0.25) is 0 Å². The van der Waals surface area contributed by atoms with Crippen LogP contribution in [0.4, 0.5) is 0 Å². The number of nitrogens with one attached hydrogen (secondary N) is 1. The number of hydrogen-bond donors (Lipinski definition) is 1. The molecule has 0 saturated heterocycles. The van der Waals surface area contributed by atoms with Crippen molar-refractivity contribution in [3.05, 3.63) is 30.7 Å². The lowest BCUT2D eigenvalue weighted by molar-refractivity contribution is 0.257. The van der Waals surface area contributed by atoms with E-state index in [2.05, 4.69) is 5.32 Å². The summed E-state index contributed by atoms with van der Waals surface area (Å²) in [5.74, 6) is 0. The number of hydrogen-bond acceptors (Lipinski definition) is 2. The zero-order valence-electron chi connectivity index (χ0n) is 4.72. The average molecular weight is 110 g/mol. The standard InChI is InChI=1S/C6H8NO/c1-7-6-4-2-3-5-8-6/h2-5,7H,1H3. The van der Waals surface area contributed by atoms with E-state index in [9.17, 15) is 0 Å². The van der Waals surface area contributed by atoms with Crippen molar-refractivity contribution in [1.29, 1.82) is 0 Å². The van der Waals surface area contributed by atoms with E-state index in [4.69, 9.17) is 4.74 Å². The Bertz CT molecular complexity index is 118. The molecule has 1 radical (unpaired) electrons. The van der Waals surface area contributed by atoms with Crippen LogP contribution in [0.15, 0.2) is 24.5 Å². The summed E-state index contributed by atoms with van der Waals surface area (Å²) in [6.45, 7) is 0. The molecular formula is C6H8NO. The number of ether oxygens (including phenoxy) is 1. The van der Waals surface area contributed by atoms with Crippen molar-refractivity contribution in [2.45, 2.75) is 0 Å². The van der Waals surface area contributed by atoms with E-state index in [1.165, 1.54) is 0 Å². The third kappa shape index (κ3) is 1.10. The molecular weight excluding hydrogens is 102 g/mol. The topological polar surface area (TPSA) is 21.3 Å². The van der Waals surface area contributed by atoms with E-state index in [1.54, 1.807) is 6.26 Å². The molecule has 1 heterocycles. The summed E-state index contributed by atoms with van der Waals surface area (Å²) in [6.07, 6.45) is 8.02. The van der Waals surface area contributed by atoms with E-state index < -0.39 is 0 Å². The van der Waals surface area contributed by atoms with Gasteiger partial charge in [-0.25, -0.2) is 0 Å². The minimum absolute atomic E-state index is 0.785. The third-order valence-corrected chi connectivity index (χ3v) is 0.879. The first kappa shape index (κ1) is 5.38. The van der Waals surface area contributed by atoms with Crippen LogP contribution in [0.5, 0.6) is 0 Å². The van der Waals surface area contributed by atoms with Crippen molar-refractivity contribution >= 4 is 0 Å². The maximum atomic E-state index is 4.97. The molecule has 2 nitrogen and oxygen atoms in total. The van der Waals surface area contributed by atoms with E-state index in [0.717, 1.165) is 6.23 Å². The van der Waals surface area contributed by atoms with Crippen molar-refractivity contribution in [1.82, 2.24) is 5.32 Å². The van der Waals surface area contributed by atoms with Gasteiger partial charge >= 0.3 is 0 Å². The Hall–Kier alpha value is -0.760. The summed E-state index contributed by atoms with van der Waals surface area (Å²) >= 11 is 0. The fraction of sp³-hybridized carbons (Fsp3) is 0.167. The van der Waals surface area contributed by atoms with Gasteiger partial charge in [0.1, 0.15) is 0 Å². The maximum absolute atomic E-state index is 4.97. The molecule has 0 unspecified atom stereocenters. The van der Waals surface area contributed by atoms with E-state index in [0.29, 0.717) is 0 Å². The largest absolute Gasteiger partial charge is 0.471 e. The van der Waals surface area contributed by atoms with Gasteiger partial charge in [0.05, 0.1) is 6.26 Å². The molecule has 0 fully saturated rings. The van der Waals surface area contributed by atoms with Crippen molar-refractivity contribution in [3.8, 4) is 0 Å². The Morgan fingerprint density at radius 1 is 1.50 bits per heavy atom. The van der Waals surface area contributed by atoms with Gasteiger partial charge in [-0.15, -0.1) is 0 Å². The molecule has 0 saturated carbocycles. The first-order chi connectivity index (χ1) is 3.93. The third-order valence-electron chi connectivity index (χ3n) is 0.879. The molecule has 0 atom stereocenters. The van der Waals surface area contributed by atoms with Crippen LogP contribution < -0.4 is 5.32 Å². The van der Waals surface area contributed by atoms with Crippen LogP contribution in [-0.4, -0.2) is 7.05 Å². The number of likely N-dealkylation sites (N-methyl/N-ethyl adjacent to an activating group) is 1. The van der Waals surface area contributed by atoms with Gasteiger partial charge in [0.2, 0.25) is 6.23 Å². The van der Waals surface area contributed by atoms with E-state index in [1.807, 2.05) is 25.3 Å². The zero-order valence-corrected chi connectivity index (χ0v) is 4.72. The predicted molar refractivity (Wildman–Crippen MR) is 31.7 cm³/mol. The predicted octanol–water partition coefficient (Wildman–Crippen LogP) is 0.795.